The number of rotatable bonds is 1. The SMILES string of the molecule is O=S1(=O)C[C@@H]2[C@@H](C1)NC(=S)N2c1ccc2ccccc2c1. The van der Waals surface area contributed by atoms with Crippen molar-refractivity contribution in [1.82, 2.24) is 5.32 Å². The number of benzene rings is 2. The van der Waals surface area contributed by atoms with E-state index in [9.17, 15) is 8.42 Å². The predicted octanol–water partition coefficient (Wildman–Crippen LogP) is 1.70. The van der Waals surface area contributed by atoms with Gasteiger partial charge in [0.15, 0.2) is 14.9 Å². The van der Waals surface area contributed by atoms with Crippen LogP contribution in [0.5, 0.6) is 0 Å². The number of fused-ring (bicyclic) bond motifs is 2. The fourth-order valence-electron chi connectivity index (χ4n) is 3.24. The average Bonchev–Trinajstić information content (AvgIpc) is 2.88. The normalized spacial score (nSPS) is 26.9. The summed E-state index contributed by atoms with van der Waals surface area (Å²) in [5.41, 5.74) is 0.954. The highest BCUT2D eigenvalue weighted by molar-refractivity contribution is 7.91. The Kier molecular flexibility index (Phi) is 2.74. The lowest BCUT2D eigenvalue weighted by Gasteiger charge is -2.23. The van der Waals surface area contributed by atoms with Gasteiger partial charge in [-0.2, -0.15) is 0 Å². The zero-order valence-corrected chi connectivity index (χ0v) is 12.8. The van der Waals surface area contributed by atoms with Crippen LogP contribution in [-0.2, 0) is 9.84 Å². The molecule has 21 heavy (non-hydrogen) atoms. The van der Waals surface area contributed by atoms with E-state index < -0.39 is 9.84 Å². The molecule has 2 aromatic rings. The molecule has 2 aliphatic heterocycles. The highest BCUT2D eigenvalue weighted by Gasteiger charge is 2.47. The first-order valence-corrected chi connectivity index (χ1v) is 9.05. The van der Waals surface area contributed by atoms with Crippen LogP contribution in [0.3, 0.4) is 0 Å². The molecule has 6 heteroatoms. The first kappa shape index (κ1) is 13.0. The third kappa shape index (κ3) is 2.10. The van der Waals surface area contributed by atoms with Gasteiger partial charge >= 0.3 is 0 Å². The van der Waals surface area contributed by atoms with Gasteiger partial charge in [0, 0.05) is 5.69 Å². The quantitative estimate of drug-likeness (QED) is 0.811. The molecular formula is C15H14N2O2S2. The third-order valence-corrected chi connectivity index (χ3v) is 6.22. The van der Waals surface area contributed by atoms with Crippen molar-refractivity contribution in [1.29, 1.82) is 0 Å². The molecule has 2 aliphatic rings. The van der Waals surface area contributed by atoms with Gasteiger partial charge in [-0.15, -0.1) is 0 Å². The van der Waals surface area contributed by atoms with E-state index >= 15 is 0 Å². The van der Waals surface area contributed by atoms with E-state index in [0.717, 1.165) is 16.5 Å². The molecule has 4 rings (SSSR count). The number of thiocarbonyl (C=S) groups is 1. The number of hydrogen-bond donors (Lipinski definition) is 1. The summed E-state index contributed by atoms with van der Waals surface area (Å²) in [4.78, 5) is 1.96. The molecule has 0 spiro atoms. The minimum atomic E-state index is -2.98. The monoisotopic (exact) mass is 318 g/mol. The van der Waals surface area contributed by atoms with Gasteiger partial charge in [-0.05, 0) is 35.1 Å². The van der Waals surface area contributed by atoms with E-state index in [4.69, 9.17) is 12.2 Å². The lowest BCUT2D eigenvalue weighted by molar-refractivity contribution is 0.600. The van der Waals surface area contributed by atoms with E-state index in [2.05, 4.69) is 17.4 Å². The molecule has 2 aromatic carbocycles. The summed E-state index contributed by atoms with van der Waals surface area (Å²) in [6.07, 6.45) is 0. The van der Waals surface area contributed by atoms with E-state index in [-0.39, 0.29) is 23.6 Å². The lowest BCUT2D eigenvalue weighted by Crippen LogP contribution is -2.36. The van der Waals surface area contributed by atoms with Crippen molar-refractivity contribution in [2.75, 3.05) is 16.4 Å². The van der Waals surface area contributed by atoms with Crippen molar-refractivity contribution in [2.24, 2.45) is 0 Å². The van der Waals surface area contributed by atoms with Gasteiger partial charge in [0.1, 0.15) is 0 Å². The molecular weight excluding hydrogens is 304 g/mol. The summed E-state index contributed by atoms with van der Waals surface area (Å²) < 4.78 is 23.7. The van der Waals surface area contributed by atoms with Gasteiger partial charge in [-0.1, -0.05) is 30.3 Å². The van der Waals surface area contributed by atoms with E-state index in [1.54, 1.807) is 0 Å². The van der Waals surface area contributed by atoms with Crippen LogP contribution in [0.1, 0.15) is 0 Å². The van der Waals surface area contributed by atoms with Crippen molar-refractivity contribution in [3.63, 3.8) is 0 Å². The molecule has 0 aromatic heterocycles. The average molecular weight is 318 g/mol. The zero-order chi connectivity index (χ0) is 14.6. The molecule has 2 saturated heterocycles. The van der Waals surface area contributed by atoms with Gasteiger partial charge in [-0.25, -0.2) is 8.42 Å². The fourth-order valence-corrected chi connectivity index (χ4v) is 5.52. The molecule has 2 fully saturated rings. The molecule has 2 heterocycles. The van der Waals surface area contributed by atoms with Crippen LogP contribution in [0.15, 0.2) is 42.5 Å². The number of nitrogens with zero attached hydrogens (tertiary/aromatic N) is 1. The van der Waals surface area contributed by atoms with Gasteiger partial charge < -0.3 is 10.2 Å². The Labute approximate surface area is 128 Å². The van der Waals surface area contributed by atoms with Crippen molar-refractivity contribution >= 4 is 43.6 Å². The van der Waals surface area contributed by atoms with Crippen LogP contribution in [0.25, 0.3) is 10.8 Å². The van der Waals surface area contributed by atoms with Crippen LogP contribution in [0, 0.1) is 0 Å². The highest BCUT2D eigenvalue weighted by Crippen LogP contribution is 2.31. The Balaban J connectivity index is 1.78. The zero-order valence-electron chi connectivity index (χ0n) is 11.2. The maximum absolute atomic E-state index is 11.8. The van der Waals surface area contributed by atoms with Gasteiger partial charge in [0.05, 0.1) is 23.6 Å². The number of nitrogens with one attached hydrogen (secondary N) is 1. The van der Waals surface area contributed by atoms with Crippen molar-refractivity contribution in [3.05, 3.63) is 42.5 Å². The standard InChI is InChI=1S/C15H14N2O2S2/c18-21(19)8-13-14(9-21)17(15(20)16-13)12-6-5-10-3-1-2-4-11(10)7-12/h1-7,13-14H,8-9H2,(H,16,20)/t13-,14-/m1/s1. The van der Waals surface area contributed by atoms with Crippen LogP contribution < -0.4 is 10.2 Å². The number of anilines is 1. The molecule has 2 atom stereocenters. The van der Waals surface area contributed by atoms with Gasteiger partial charge in [-0.3, -0.25) is 0 Å². The second kappa shape index (κ2) is 4.42. The maximum atomic E-state index is 11.8. The number of hydrogen-bond acceptors (Lipinski definition) is 3. The summed E-state index contributed by atoms with van der Waals surface area (Å²) in [6.45, 7) is 0. The van der Waals surface area contributed by atoms with Crippen molar-refractivity contribution in [3.8, 4) is 0 Å². The number of sulfone groups is 1. The summed E-state index contributed by atoms with van der Waals surface area (Å²) in [7, 11) is -2.98. The minimum Gasteiger partial charge on any atom is -0.356 e. The van der Waals surface area contributed by atoms with Crippen LogP contribution in [-0.4, -0.2) is 37.1 Å². The van der Waals surface area contributed by atoms with Crippen molar-refractivity contribution < 1.29 is 8.42 Å². The molecule has 0 amide bonds. The van der Waals surface area contributed by atoms with E-state index in [1.807, 2.05) is 35.2 Å². The molecule has 4 nitrogen and oxygen atoms in total. The Morgan fingerprint density at radius 1 is 1.10 bits per heavy atom. The Morgan fingerprint density at radius 3 is 2.67 bits per heavy atom. The molecule has 0 saturated carbocycles. The lowest BCUT2D eigenvalue weighted by atomic mass is 10.1. The van der Waals surface area contributed by atoms with E-state index in [0.29, 0.717) is 5.11 Å². The summed E-state index contributed by atoms with van der Waals surface area (Å²) in [6, 6.07) is 14.0. The topological polar surface area (TPSA) is 49.4 Å². The maximum Gasteiger partial charge on any atom is 0.174 e. The molecule has 108 valence electrons. The predicted molar refractivity (Wildman–Crippen MR) is 88.4 cm³/mol. The summed E-state index contributed by atoms with van der Waals surface area (Å²) in [5.74, 6) is 0.333. The van der Waals surface area contributed by atoms with E-state index in [1.165, 1.54) is 0 Å². The Bertz CT molecular complexity index is 848. The third-order valence-electron chi connectivity index (χ3n) is 4.19. The molecule has 0 unspecified atom stereocenters. The molecule has 0 radical (unpaired) electrons. The second-order valence-corrected chi connectivity index (χ2v) is 8.14. The first-order chi connectivity index (χ1) is 10.0. The Morgan fingerprint density at radius 2 is 1.86 bits per heavy atom. The summed E-state index contributed by atoms with van der Waals surface area (Å²) >= 11 is 5.39. The van der Waals surface area contributed by atoms with Crippen LogP contribution in [0.4, 0.5) is 5.69 Å². The highest BCUT2D eigenvalue weighted by atomic mass is 32.2. The second-order valence-electron chi connectivity index (χ2n) is 5.60. The van der Waals surface area contributed by atoms with Gasteiger partial charge in [0.2, 0.25) is 0 Å². The molecule has 0 aliphatic carbocycles. The van der Waals surface area contributed by atoms with Crippen LogP contribution in [0.2, 0.25) is 0 Å². The van der Waals surface area contributed by atoms with Crippen LogP contribution >= 0.6 is 12.2 Å². The molecule has 0 bridgehead atoms. The first-order valence-electron chi connectivity index (χ1n) is 6.82. The smallest absolute Gasteiger partial charge is 0.174 e. The Hall–Kier alpha value is -1.66. The van der Waals surface area contributed by atoms with Crippen molar-refractivity contribution in [2.45, 2.75) is 12.1 Å². The fraction of sp³-hybridized carbons (Fsp3) is 0.267. The minimum absolute atomic E-state index is 0.0889. The summed E-state index contributed by atoms with van der Waals surface area (Å²) in [5, 5.41) is 6.06. The largest absolute Gasteiger partial charge is 0.356 e. The van der Waals surface area contributed by atoms with Gasteiger partial charge in [0.25, 0.3) is 0 Å². The molecule has 1 N–H and O–H groups in total.